The van der Waals surface area contributed by atoms with E-state index in [1.165, 1.54) is 32.5 Å². The molecule has 0 saturated heterocycles. The average molecular weight is 381 g/mol. The molecule has 146 valence electrons. The van der Waals surface area contributed by atoms with Crippen LogP contribution in [0, 0.1) is 6.92 Å². The smallest absolute Gasteiger partial charge is 0.259 e. The fourth-order valence-corrected chi connectivity index (χ4v) is 2.96. The molecule has 0 radical (unpaired) electrons. The van der Waals surface area contributed by atoms with Crippen LogP contribution in [-0.2, 0) is 6.54 Å². The number of carbonyl (C=O) groups excluding carboxylic acids is 1. The first-order valence-electron chi connectivity index (χ1n) is 8.74. The van der Waals surface area contributed by atoms with E-state index in [-0.39, 0.29) is 5.91 Å². The topological polar surface area (TPSA) is 74.6 Å². The Balaban J connectivity index is 1.79. The van der Waals surface area contributed by atoms with Crippen LogP contribution in [0.15, 0.2) is 48.8 Å². The molecule has 0 aliphatic carbocycles. The molecule has 0 fully saturated rings. The summed E-state index contributed by atoms with van der Waals surface area (Å²) < 4.78 is 17.7. The number of aromatic nitrogens is 2. The third-order valence-electron chi connectivity index (χ3n) is 4.43. The van der Waals surface area contributed by atoms with E-state index in [2.05, 4.69) is 29.5 Å². The van der Waals surface area contributed by atoms with Crippen molar-refractivity contribution in [2.75, 3.05) is 26.6 Å². The number of amides is 1. The second-order valence-electron chi connectivity index (χ2n) is 6.19. The van der Waals surface area contributed by atoms with Crippen molar-refractivity contribution in [1.82, 2.24) is 9.78 Å². The monoisotopic (exact) mass is 381 g/mol. The maximum atomic E-state index is 12.8. The molecular formula is C21H23N3O4. The van der Waals surface area contributed by atoms with Gasteiger partial charge in [-0.05, 0) is 30.2 Å². The quantitative estimate of drug-likeness (QED) is 0.678. The van der Waals surface area contributed by atoms with Gasteiger partial charge in [0.1, 0.15) is 0 Å². The Morgan fingerprint density at radius 1 is 1.04 bits per heavy atom. The van der Waals surface area contributed by atoms with Gasteiger partial charge in [-0.2, -0.15) is 5.10 Å². The van der Waals surface area contributed by atoms with E-state index < -0.39 is 0 Å². The minimum atomic E-state index is -0.326. The number of carbonyl (C=O) groups is 1. The van der Waals surface area contributed by atoms with E-state index in [0.717, 1.165) is 0 Å². The third-order valence-corrected chi connectivity index (χ3v) is 4.43. The molecule has 1 N–H and O–H groups in total. The maximum absolute atomic E-state index is 12.8. The van der Waals surface area contributed by atoms with Gasteiger partial charge in [0, 0.05) is 6.20 Å². The molecule has 3 rings (SSSR count). The first-order valence-corrected chi connectivity index (χ1v) is 8.74. The van der Waals surface area contributed by atoms with E-state index in [0.29, 0.717) is 35.0 Å². The summed E-state index contributed by atoms with van der Waals surface area (Å²) in [6, 6.07) is 11.4. The SMILES string of the molecule is COc1ccc(C(=O)Nc2cnn(Cc3ccccc3C)c2)c(OC)c1OC. The van der Waals surface area contributed by atoms with Crippen LogP contribution >= 0.6 is 0 Å². The second-order valence-corrected chi connectivity index (χ2v) is 6.19. The Bertz CT molecular complexity index is 982. The molecule has 0 bridgehead atoms. The third kappa shape index (κ3) is 3.93. The highest BCUT2D eigenvalue weighted by atomic mass is 16.5. The van der Waals surface area contributed by atoms with Crippen molar-refractivity contribution >= 4 is 11.6 Å². The number of anilines is 1. The molecule has 0 aliphatic rings. The predicted octanol–water partition coefficient (Wildman–Crippen LogP) is 3.52. The van der Waals surface area contributed by atoms with Gasteiger partial charge in [0.25, 0.3) is 5.91 Å². The summed E-state index contributed by atoms with van der Waals surface area (Å²) >= 11 is 0. The van der Waals surface area contributed by atoms with Crippen molar-refractivity contribution in [3.05, 3.63) is 65.5 Å². The zero-order chi connectivity index (χ0) is 20.1. The van der Waals surface area contributed by atoms with Gasteiger partial charge in [0.2, 0.25) is 5.75 Å². The molecule has 1 heterocycles. The lowest BCUT2D eigenvalue weighted by Gasteiger charge is -2.15. The number of hydrogen-bond donors (Lipinski definition) is 1. The number of ether oxygens (including phenoxy) is 3. The minimum Gasteiger partial charge on any atom is -0.493 e. The lowest BCUT2D eigenvalue weighted by Crippen LogP contribution is -2.13. The summed E-state index contributed by atoms with van der Waals surface area (Å²) in [7, 11) is 4.51. The Kier molecular flexibility index (Phi) is 5.84. The summed E-state index contributed by atoms with van der Waals surface area (Å²) in [5.41, 5.74) is 3.30. The Morgan fingerprint density at radius 3 is 2.46 bits per heavy atom. The Hall–Kier alpha value is -3.48. The number of nitrogens with zero attached hydrogens (tertiary/aromatic N) is 2. The summed E-state index contributed by atoms with van der Waals surface area (Å²) in [6.07, 6.45) is 3.40. The zero-order valence-electron chi connectivity index (χ0n) is 16.4. The molecule has 3 aromatic rings. The van der Waals surface area contributed by atoms with Gasteiger partial charge < -0.3 is 19.5 Å². The standard InChI is InChI=1S/C21H23N3O4/c1-14-7-5-6-8-15(14)12-24-13-16(11-22-24)23-21(25)17-9-10-18(26-2)20(28-4)19(17)27-3/h5-11,13H,12H2,1-4H3,(H,23,25). The second kappa shape index (κ2) is 8.47. The molecule has 0 aliphatic heterocycles. The molecule has 1 amide bonds. The lowest BCUT2D eigenvalue weighted by atomic mass is 10.1. The maximum Gasteiger partial charge on any atom is 0.259 e. The Labute approximate surface area is 163 Å². The van der Waals surface area contributed by atoms with Crippen LogP contribution in [0.5, 0.6) is 17.2 Å². The van der Waals surface area contributed by atoms with Gasteiger partial charge in [0.05, 0.1) is 45.3 Å². The first-order chi connectivity index (χ1) is 13.6. The van der Waals surface area contributed by atoms with Crippen molar-refractivity contribution in [1.29, 1.82) is 0 Å². The lowest BCUT2D eigenvalue weighted by molar-refractivity contribution is 0.102. The van der Waals surface area contributed by atoms with Crippen LogP contribution in [0.1, 0.15) is 21.5 Å². The van der Waals surface area contributed by atoms with Gasteiger partial charge in [-0.1, -0.05) is 24.3 Å². The van der Waals surface area contributed by atoms with Crippen LogP contribution in [0.4, 0.5) is 5.69 Å². The summed E-state index contributed by atoms with van der Waals surface area (Å²) in [5.74, 6) is 0.842. The highest BCUT2D eigenvalue weighted by Gasteiger charge is 2.21. The van der Waals surface area contributed by atoms with Gasteiger partial charge >= 0.3 is 0 Å². The van der Waals surface area contributed by atoms with Crippen molar-refractivity contribution in [2.24, 2.45) is 0 Å². The van der Waals surface area contributed by atoms with E-state index >= 15 is 0 Å². The largest absolute Gasteiger partial charge is 0.493 e. The van der Waals surface area contributed by atoms with E-state index in [9.17, 15) is 4.79 Å². The number of hydrogen-bond acceptors (Lipinski definition) is 5. The number of nitrogens with one attached hydrogen (secondary N) is 1. The Morgan fingerprint density at radius 2 is 1.79 bits per heavy atom. The number of rotatable bonds is 7. The molecule has 28 heavy (non-hydrogen) atoms. The minimum absolute atomic E-state index is 0.312. The molecule has 0 spiro atoms. The normalized spacial score (nSPS) is 10.4. The van der Waals surface area contributed by atoms with Gasteiger partial charge in [-0.25, -0.2) is 0 Å². The highest BCUT2D eigenvalue weighted by molar-refractivity contribution is 6.06. The highest BCUT2D eigenvalue weighted by Crippen LogP contribution is 2.39. The number of aryl methyl sites for hydroxylation is 1. The molecule has 0 atom stereocenters. The van der Waals surface area contributed by atoms with E-state index in [1.54, 1.807) is 29.2 Å². The van der Waals surface area contributed by atoms with Crippen LogP contribution in [0.2, 0.25) is 0 Å². The van der Waals surface area contributed by atoms with Crippen molar-refractivity contribution in [3.63, 3.8) is 0 Å². The molecule has 2 aromatic carbocycles. The van der Waals surface area contributed by atoms with E-state index in [1.807, 2.05) is 12.1 Å². The van der Waals surface area contributed by atoms with Gasteiger partial charge in [-0.15, -0.1) is 0 Å². The van der Waals surface area contributed by atoms with E-state index in [4.69, 9.17) is 14.2 Å². The molecule has 0 unspecified atom stereocenters. The molecule has 1 aromatic heterocycles. The van der Waals surface area contributed by atoms with Crippen molar-refractivity contribution in [2.45, 2.75) is 13.5 Å². The van der Waals surface area contributed by atoms with Crippen LogP contribution < -0.4 is 19.5 Å². The van der Waals surface area contributed by atoms with Crippen LogP contribution in [0.3, 0.4) is 0 Å². The number of benzene rings is 2. The molecular weight excluding hydrogens is 358 g/mol. The molecule has 7 heteroatoms. The predicted molar refractivity (Wildman–Crippen MR) is 107 cm³/mol. The van der Waals surface area contributed by atoms with Crippen LogP contribution in [0.25, 0.3) is 0 Å². The molecule has 7 nitrogen and oxygen atoms in total. The fraction of sp³-hybridized carbons (Fsp3) is 0.238. The van der Waals surface area contributed by atoms with Crippen LogP contribution in [-0.4, -0.2) is 37.0 Å². The first kappa shape index (κ1) is 19.3. The summed E-state index contributed by atoms with van der Waals surface area (Å²) in [4.78, 5) is 12.8. The van der Waals surface area contributed by atoms with Crippen molar-refractivity contribution in [3.8, 4) is 17.2 Å². The summed E-state index contributed by atoms with van der Waals surface area (Å²) in [6.45, 7) is 2.69. The van der Waals surface area contributed by atoms with Crippen molar-refractivity contribution < 1.29 is 19.0 Å². The molecule has 0 saturated carbocycles. The summed E-state index contributed by atoms with van der Waals surface area (Å²) in [5, 5.41) is 7.17. The fourth-order valence-electron chi connectivity index (χ4n) is 2.96. The zero-order valence-corrected chi connectivity index (χ0v) is 16.4. The number of methoxy groups -OCH3 is 3. The van der Waals surface area contributed by atoms with Gasteiger partial charge in [-0.3, -0.25) is 9.48 Å². The van der Waals surface area contributed by atoms with Gasteiger partial charge in [0.15, 0.2) is 11.5 Å². The average Bonchev–Trinajstić information content (AvgIpc) is 3.15.